The van der Waals surface area contributed by atoms with Gasteiger partial charge in [-0.25, -0.2) is 13.7 Å². The second kappa shape index (κ2) is 17.2. The summed E-state index contributed by atoms with van der Waals surface area (Å²) in [6, 6.07) is 10.8. The Morgan fingerprint density at radius 1 is 1.20 bits per heavy atom. The van der Waals surface area contributed by atoms with Crippen LogP contribution in [0.1, 0.15) is 12.0 Å². The molecule has 0 spiro atoms. The number of benzene rings is 1. The Morgan fingerprint density at radius 2 is 1.95 bits per heavy atom. The van der Waals surface area contributed by atoms with Gasteiger partial charge in [0, 0.05) is 70.5 Å². The lowest BCUT2D eigenvalue weighted by Gasteiger charge is -2.29. The van der Waals surface area contributed by atoms with Crippen LogP contribution in [0.15, 0.2) is 101 Å². The summed E-state index contributed by atoms with van der Waals surface area (Å²) < 4.78 is 35.2. The second-order valence-corrected chi connectivity index (χ2v) is 11.0. The average Bonchev–Trinajstić information content (AvgIpc) is 3.18. The average molecular weight is 625 g/mol. The van der Waals surface area contributed by atoms with E-state index in [9.17, 15) is 9.59 Å². The number of imide groups is 1. The molecule has 0 atom stereocenters. The highest BCUT2D eigenvalue weighted by molar-refractivity contribution is 8.02. The quantitative estimate of drug-likeness (QED) is 0.153. The number of thioether (sulfide) groups is 1. The number of nitrogens with zero attached hydrogens (tertiary/aromatic N) is 5. The van der Waals surface area contributed by atoms with Gasteiger partial charge in [0.25, 0.3) is 5.91 Å². The molecule has 1 heterocycles. The number of methoxy groups -OCH3 is 1. The molecule has 1 aromatic carbocycles. The Kier molecular flexibility index (Phi) is 13.5. The lowest BCUT2D eigenvalue weighted by atomic mass is 10.1. The fraction of sp³-hybridized carbons (Fsp3) is 0.312. The molecule has 0 saturated carbocycles. The lowest BCUT2D eigenvalue weighted by molar-refractivity contribution is -0.119. The minimum Gasteiger partial charge on any atom is -0.388 e. The van der Waals surface area contributed by atoms with E-state index in [2.05, 4.69) is 22.1 Å². The molecule has 3 rings (SSSR count). The van der Waals surface area contributed by atoms with Gasteiger partial charge < -0.3 is 15.0 Å². The maximum atomic E-state index is 15.0. The van der Waals surface area contributed by atoms with Crippen molar-refractivity contribution >= 4 is 35.6 Å². The van der Waals surface area contributed by atoms with Crippen molar-refractivity contribution in [2.75, 3.05) is 64.7 Å². The van der Waals surface area contributed by atoms with E-state index >= 15 is 8.78 Å². The van der Waals surface area contributed by atoms with Crippen LogP contribution < -0.4 is 10.2 Å². The van der Waals surface area contributed by atoms with E-state index in [0.29, 0.717) is 35.9 Å². The number of ether oxygens (including phenoxy) is 1. The zero-order valence-corrected chi connectivity index (χ0v) is 26.2. The number of hydrogen-bond donors (Lipinski definition) is 1. The first-order valence-corrected chi connectivity index (χ1v) is 14.9. The standard InChI is InChI=1S/C32H38F2N6O3S/c1-23(19-38(3)17-18-43-5)30(31(42)40(22-41)29-11-8-16-36-37-29)32(44-21-24-12-14-25(35-2)15-13-24)39(4)20-26-27(33)9-6-7-10-28(26)34/h6-9,11-16,22,35H,1,10,17-21H2,2-5H3/b32-30+. The van der Waals surface area contributed by atoms with E-state index in [-0.39, 0.29) is 36.5 Å². The number of nitrogens with one attached hydrogen (secondary N) is 1. The Balaban J connectivity index is 2.15. The zero-order chi connectivity index (χ0) is 32.1. The van der Waals surface area contributed by atoms with Crippen molar-refractivity contribution in [3.63, 3.8) is 0 Å². The Labute approximate surface area is 261 Å². The van der Waals surface area contributed by atoms with Gasteiger partial charge in [-0.1, -0.05) is 30.9 Å². The van der Waals surface area contributed by atoms with E-state index in [0.717, 1.165) is 16.2 Å². The van der Waals surface area contributed by atoms with Gasteiger partial charge >= 0.3 is 0 Å². The minimum absolute atomic E-state index is 0.0257. The van der Waals surface area contributed by atoms with Crippen molar-refractivity contribution in [1.82, 2.24) is 20.0 Å². The summed E-state index contributed by atoms with van der Waals surface area (Å²) in [6.07, 6.45) is 5.97. The van der Waals surface area contributed by atoms with E-state index in [1.807, 2.05) is 43.3 Å². The molecule has 0 aliphatic heterocycles. The molecular weight excluding hydrogens is 586 g/mol. The Hall–Kier alpha value is -4.13. The van der Waals surface area contributed by atoms with Gasteiger partial charge in [-0.2, -0.15) is 5.10 Å². The van der Waals surface area contributed by atoms with Gasteiger partial charge in [0.1, 0.15) is 11.7 Å². The number of carbonyl (C=O) groups excluding carboxylic acids is 2. The molecule has 12 heteroatoms. The fourth-order valence-corrected chi connectivity index (χ4v) is 5.47. The van der Waals surface area contributed by atoms with Gasteiger partial charge in [-0.05, 0) is 48.5 Å². The molecule has 9 nitrogen and oxygen atoms in total. The zero-order valence-electron chi connectivity index (χ0n) is 25.4. The third-order valence-corrected chi connectivity index (χ3v) is 7.97. The monoisotopic (exact) mass is 624 g/mol. The number of anilines is 2. The van der Waals surface area contributed by atoms with Gasteiger partial charge in [-0.15, -0.1) is 16.9 Å². The maximum Gasteiger partial charge on any atom is 0.269 e. The number of allylic oxidation sites excluding steroid dienone is 4. The normalized spacial score (nSPS) is 13.7. The van der Waals surface area contributed by atoms with Crippen molar-refractivity contribution in [3.8, 4) is 0 Å². The SMILES string of the molecule is C=C(CN(C)CCOC)/C(C(=O)N(C=O)c1cccnn1)=C(\SCc1ccc(NC)cc1)N(C)CC1=C(F)CC=CC=C1F. The number of carbonyl (C=O) groups is 2. The smallest absolute Gasteiger partial charge is 0.269 e. The van der Waals surface area contributed by atoms with Crippen LogP contribution in [0.25, 0.3) is 0 Å². The van der Waals surface area contributed by atoms with Crippen LogP contribution in [-0.2, 0) is 20.1 Å². The topological polar surface area (TPSA) is 90.9 Å². The van der Waals surface area contributed by atoms with Gasteiger partial charge in [-0.3, -0.25) is 14.5 Å². The summed E-state index contributed by atoms with van der Waals surface area (Å²) in [7, 11) is 6.93. The van der Waals surface area contributed by atoms with Gasteiger partial charge in [0.15, 0.2) is 5.82 Å². The summed E-state index contributed by atoms with van der Waals surface area (Å²) in [6.45, 7) is 5.32. The number of hydrogen-bond acceptors (Lipinski definition) is 9. The van der Waals surface area contributed by atoms with E-state index < -0.39 is 17.6 Å². The number of likely N-dealkylation sites (N-methyl/N-ethyl adjacent to an activating group) is 2. The first-order chi connectivity index (χ1) is 21.2. The fourth-order valence-electron chi connectivity index (χ4n) is 4.31. The molecule has 1 aliphatic rings. The highest BCUT2D eigenvalue weighted by atomic mass is 32.2. The Bertz CT molecular complexity index is 1430. The first-order valence-electron chi connectivity index (χ1n) is 13.9. The van der Waals surface area contributed by atoms with Crippen molar-refractivity contribution in [2.45, 2.75) is 12.2 Å². The van der Waals surface area contributed by atoms with Crippen LogP contribution in [0.2, 0.25) is 0 Å². The van der Waals surface area contributed by atoms with Crippen molar-refractivity contribution in [1.29, 1.82) is 0 Å². The van der Waals surface area contributed by atoms with Crippen LogP contribution in [0.3, 0.4) is 0 Å². The molecule has 1 N–H and O–H groups in total. The molecule has 0 bridgehead atoms. The number of amides is 2. The molecule has 0 radical (unpaired) electrons. The number of halogens is 2. The molecule has 0 fully saturated rings. The van der Waals surface area contributed by atoms with Gasteiger partial charge in [0.05, 0.1) is 17.2 Å². The molecule has 0 saturated heterocycles. The van der Waals surface area contributed by atoms with Crippen molar-refractivity contribution in [3.05, 3.63) is 106 Å². The van der Waals surface area contributed by atoms with E-state index in [1.165, 1.54) is 42.3 Å². The van der Waals surface area contributed by atoms with Crippen LogP contribution >= 0.6 is 11.8 Å². The summed E-state index contributed by atoms with van der Waals surface area (Å²) in [4.78, 5) is 31.0. The molecular formula is C32H38F2N6O3S. The molecule has 2 amide bonds. The van der Waals surface area contributed by atoms with E-state index in [4.69, 9.17) is 4.74 Å². The largest absolute Gasteiger partial charge is 0.388 e. The second-order valence-electron chi connectivity index (χ2n) is 10.00. The van der Waals surface area contributed by atoms with Crippen LogP contribution in [0.4, 0.5) is 20.3 Å². The highest BCUT2D eigenvalue weighted by Crippen LogP contribution is 2.34. The molecule has 44 heavy (non-hydrogen) atoms. The van der Waals surface area contributed by atoms with Crippen LogP contribution in [-0.4, -0.2) is 86.8 Å². The predicted octanol–water partition coefficient (Wildman–Crippen LogP) is 5.26. The number of aromatic nitrogens is 2. The van der Waals surface area contributed by atoms with Crippen molar-refractivity contribution in [2.24, 2.45) is 0 Å². The van der Waals surface area contributed by atoms with Crippen molar-refractivity contribution < 1.29 is 23.1 Å². The predicted molar refractivity (Wildman–Crippen MR) is 172 cm³/mol. The Morgan fingerprint density at radius 3 is 2.59 bits per heavy atom. The lowest BCUT2D eigenvalue weighted by Crippen LogP contribution is -2.36. The molecule has 234 valence electrons. The third-order valence-electron chi connectivity index (χ3n) is 6.70. The van der Waals surface area contributed by atoms with E-state index in [1.54, 1.807) is 25.1 Å². The molecule has 1 aliphatic carbocycles. The summed E-state index contributed by atoms with van der Waals surface area (Å²) >= 11 is 1.30. The molecule has 1 aromatic heterocycles. The first kappa shape index (κ1) is 34.4. The molecule has 2 aromatic rings. The highest BCUT2D eigenvalue weighted by Gasteiger charge is 2.29. The van der Waals surface area contributed by atoms with Crippen LogP contribution in [0.5, 0.6) is 0 Å². The number of rotatable bonds is 16. The summed E-state index contributed by atoms with van der Waals surface area (Å²) in [5.41, 5.74) is 2.28. The van der Waals surface area contributed by atoms with Gasteiger partial charge in [0.2, 0.25) is 6.41 Å². The van der Waals surface area contributed by atoms with Crippen LogP contribution in [0, 0.1) is 0 Å². The minimum atomic E-state index is -0.699. The summed E-state index contributed by atoms with van der Waals surface area (Å²) in [5, 5.41) is 11.2. The maximum absolute atomic E-state index is 15.0. The molecule has 0 unspecified atom stereocenters. The summed E-state index contributed by atoms with van der Waals surface area (Å²) in [5.74, 6) is -1.56. The third kappa shape index (κ3) is 9.43.